The number of carbonyl (C=O) groups excluding carboxylic acids is 1. The van der Waals surface area contributed by atoms with Gasteiger partial charge in [-0.2, -0.15) is 0 Å². The molecule has 0 unspecified atom stereocenters. The molecule has 0 spiro atoms. The van der Waals surface area contributed by atoms with Gasteiger partial charge in [0.2, 0.25) is 0 Å². The molecule has 3 rings (SSSR count). The van der Waals surface area contributed by atoms with E-state index in [4.69, 9.17) is 0 Å². The zero-order chi connectivity index (χ0) is 15.4. The Bertz CT molecular complexity index is 795. The van der Waals surface area contributed by atoms with E-state index in [0.717, 1.165) is 4.88 Å². The molecular weight excluding hydrogens is 288 g/mol. The first-order valence-electron chi connectivity index (χ1n) is 7.17. The van der Waals surface area contributed by atoms with Crippen LogP contribution in [0.3, 0.4) is 0 Å². The summed E-state index contributed by atoms with van der Waals surface area (Å²) in [4.78, 5) is 14.3. The molecule has 0 radical (unpaired) electrons. The number of hydrogen-bond acceptors (Lipinski definition) is 2. The summed E-state index contributed by atoms with van der Waals surface area (Å²) >= 11 is 1.69. The molecule has 2 aromatic carbocycles. The van der Waals surface area contributed by atoms with Crippen molar-refractivity contribution in [3.8, 4) is 10.4 Å². The fraction of sp³-hybridized carbons (Fsp3) is 0.0500. The average molecular weight is 304 g/mol. The van der Waals surface area contributed by atoms with Gasteiger partial charge in [0.1, 0.15) is 0 Å². The number of rotatable bonds is 4. The third-order valence-corrected chi connectivity index (χ3v) is 4.52. The van der Waals surface area contributed by atoms with Gasteiger partial charge in [-0.05, 0) is 36.8 Å². The quantitative estimate of drug-likeness (QED) is 0.451. The molecule has 0 saturated carbocycles. The molecule has 0 N–H and O–H groups in total. The fourth-order valence-corrected chi connectivity index (χ4v) is 3.09. The Kier molecular flexibility index (Phi) is 4.31. The highest BCUT2D eigenvalue weighted by molar-refractivity contribution is 7.16. The summed E-state index contributed by atoms with van der Waals surface area (Å²) < 4.78 is 0. The van der Waals surface area contributed by atoms with Crippen molar-refractivity contribution in [2.24, 2.45) is 0 Å². The first kappa shape index (κ1) is 14.5. The van der Waals surface area contributed by atoms with Crippen molar-refractivity contribution in [2.45, 2.75) is 6.92 Å². The second-order valence-corrected chi connectivity index (χ2v) is 6.25. The van der Waals surface area contributed by atoms with Gasteiger partial charge in [0.05, 0.1) is 0 Å². The molecule has 0 aliphatic heterocycles. The van der Waals surface area contributed by atoms with Crippen molar-refractivity contribution in [3.05, 3.63) is 88.8 Å². The lowest BCUT2D eigenvalue weighted by Gasteiger charge is -1.97. The topological polar surface area (TPSA) is 17.1 Å². The first-order valence-corrected chi connectivity index (χ1v) is 7.98. The summed E-state index contributed by atoms with van der Waals surface area (Å²) in [7, 11) is 0. The Morgan fingerprint density at radius 3 is 2.36 bits per heavy atom. The fourth-order valence-electron chi connectivity index (χ4n) is 2.17. The Balaban J connectivity index is 1.75. The number of ketones is 1. The molecule has 0 aliphatic carbocycles. The highest BCUT2D eigenvalue weighted by Gasteiger charge is 2.03. The largest absolute Gasteiger partial charge is 0.289 e. The Morgan fingerprint density at radius 1 is 0.909 bits per heavy atom. The Morgan fingerprint density at radius 2 is 1.64 bits per heavy atom. The van der Waals surface area contributed by atoms with Crippen LogP contribution >= 0.6 is 11.3 Å². The van der Waals surface area contributed by atoms with Crippen LogP contribution in [-0.4, -0.2) is 5.78 Å². The zero-order valence-electron chi connectivity index (χ0n) is 12.3. The van der Waals surface area contributed by atoms with E-state index >= 15 is 0 Å². The van der Waals surface area contributed by atoms with Crippen molar-refractivity contribution in [1.82, 2.24) is 0 Å². The van der Waals surface area contributed by atoms with Crippen molar-refractivity contribution < 1.29 is 4.79 Å². The van der Waals surface area contributed by atoms with E-state index in [1.807, 2.05) is 36.4 Å². The van der Waals surface area contributed by atoms with Gasteiger partial charge in [-0.25, -0.2) is 0 Å². The molecule has 0 saturated heterocycles. The van der Waals surface area contributed by atoms with Gasteiger partial charge in [0.15, 0.2) is 5.78 Å². The number of hydrogen-bond donors (Lipinski definition) is 0. The molecule has 0 aliphatic rings. The summed E-state index contributed by atoms with van der Waals surface area (Å²) in [6.07, 6.45) is 3.53. The normalized spacial score (nSPS) is 11.0. The summed E-state index contributed by atoms with van der Waals surface area (Å²) in [6, 6.07) is 22.0. The van der Waals surface area contributed by atoms with Gasteiger partial charge in [-0.1, -0.05) is 60.2 Å². The first-order chi connectivity index (χ1) is 10.7. The van der Waals surface area contributed by atoms with Crippen LogP contribution in [0.1, 0.15) is 20.8 Å². The summed E-state index contributed by atoms with van der Waals surface area (Å²) in [6.45, 7) is 2.08. The minimum atomic E-state index is 0.0332. The maximum Gasteiger partial charge on any atom is 0.185 e. The maximum atomic E-state index is 12.1. The number of benzene rings is 2. The molecule has 22 heavy (non-hydrogen) atoms. The van der Waals surface area contributed by atoms with Crippen LogP contribution in [0.4, 0.5) is 0 Å². The van der Waals surface area contributed by atoms with E-state index in [-0.39, 0.29) is 5.78 Å². The number of allylic oxidation sites excluding steroid dienone is 1. The molecular formula is C20H16OS. The smallest absolute Gasteiger partial charge is 0.185 e. The summed E-state index contributed by atoms with van der Waals surface area (Å²) in [5, 5.41) is 0. The zero-order valence-corrected chi connectivity index (χ0v) is 13.1. The van der Waals surface area contributed by atoms with Crippen molar-refractivity contribution >= 4 is 23.2 Å². The molecule has 1 heterocycles. The molecule has 0 amide bonds. The van der Waals surface area contributed by atoms with Crippen LogP contribution in [0.15, 0.2) is 72.8 Å². The minimum absolute atomic E-state index is 0.0332. The predicted molar refractivity (Wildman–Crippen MR) is 94.3 cm³/mol. The average Bonchev–Trinajstić information content (AvgIpc) is 3.03. The molecule has 0 atom stereocenters. The number of thiophene rings is 1. The lowest BCUT2D eigenvalue weighted by molar-refractivity contribution is 0.104. The second kappa shape index (κ2) is 6.54. The van der Waals surface area contributed by atoms with Gasteiger partial charge < -0.3 is 0 Å². The monoisotopic (exact) mass is 304 g/mol. The molecule has 2 heteroatoms. The van der Waals surface area contributed by atoms with Crippen LogP contribution < -0.4 is 0 Å². The molecule has 0 fully saturated rings. The van der Waals surface area contributed by atoms with E-state index in [9.17, 15) is 4.79 Å². The minimum Gasteiger partial charge on any atom is -0.289 e. The summed E-state index contributed by atoms with van der Waals surface area (Å²) in [5.74, 6) is 0.0332. The van der Waals surface area contributed by atoms with E-state index in [0.29, 0.717) is 5.56 Å². The van der Waals surface area contributed by atoms with Crippen molar-refractivity contribution in [2.75, 3.05) is 0 Å². The SMILES string of the molecule is Cc1ccc(-c2ccc(C=CC(=O)c3ccccc3)s2)cc1. The lowest BCUT2D eigenvalue weighted by atomic mass is 10.1. The molecule has 3 aromatic rings. The van der Waals surface area contributed by atoms with Gasteiger partial charge in [0, 0.05) is 15.3 Å². The molecule has 1 aromatic heterocycles. The van der Waals surface area contributed by atoms with E-state index in [1.54, 1.807) is 17.4 Å². The Hall–Kier alpha value is -2.45. The molecule has 1 nitrogen and oxygen atoms in total. The molecule has 108 valence electrons. The van der Waals surface area contributed by atoms with E-state index < -0.39 is 0 Å². The summed E-state index contributed by atoms with van der Waals surface area (Å²) in [5.41, 5.74) is 3.19. The van der Waals surface area contributed by atoms with Crippen LogP contribution in [0, 0.1) is 6.92 Å². The highest BCUT2D eigenvalue weighted by Crippen LogP contribution is 2.29. The second-order valence-electron chi connectivity index (χ2n) is 5.13. The molecule has 0 bridgehead atoms. The van der Waals surface area contributed by atoms with Gasteiger partial charge >= 0.3 is 0 Å². The van der Waals surface area contributed by atoms with Crippen molar-refractivity contribution in [1.29, 1.82) is 0 Å². The van der Waals surface area contributed by atoms with Crippen LogP contribution in [-0.2, 0) is 0 Å². The van der Waals surface area contributed by atoms with Crippen LogP contribution in [0.5, 0.6) is 0 Å². The third-order valence-electron chi connectivity index (χ3n) is 3.42. The van der Waals surface area contributed by atoms with E-state index in [2.05, 4.69) is 43.3 Å². The van der Waals surface area contributed by atoms with Crippen LogP contribution in [0.2, 0.25) is 0 Å². The van der Waals surface area contributed by atoms with Gasteiger partial charge in [-0.15, -0.1) is 11.3 Å². The lowest BCUT2D eigenvalue weighted by Crippen LogP contribution is -1.92. The highest BCUT2D eigenvalue weighted by atomic mass is 32.1. The van der Waals surface area contributed by atoms with Gasteiger partial charge in [-0.3, -0.25) is 4.79 Å². The standard InChI is InChI=1S/C20H16OS/c1-15-7-9-17(10-8-15)20-14-12-18(22-20)11-13-19(21)16-5-3-2-4-6-16/h2-14H,1H3. The van der Waals surface area contributed by atoms with Crippen LogP contribution in [0.25, 0.3) is 16.5 Å². The third kappa shape index (κ3) is 3.41. The maximum absolute atomic E-state index is 12.1. The Labute approximate surface area is 134 Å². The van der Waals surface area contributed by atoms with Gasteiger partial charge in [0.25, 0.3) is 0 Å². The van der Waals surface area contributed by atoms with Crippen molar-refractivity contribution in [3.63, 3.8) is 0 Å². The van der Waals surface area contributed by atoms with E-state index in [1.165, 1.54) is 16.0 Å². The number of aryl methyl sites for hydroxylation is 1. The predicted octanol–water partition coefficient (Wildman–Crippen LogP) is 5.62. The number of carbonyl (C=O) groups is 1.